The first-order valence-corrected chi connectivity index (χ1v) is 8.05. The highest BCUT2D eigenvalue weighted by molar-refractivity contribution is 6.02. The van der Waals surface area contributed by atoms with Gasteiger partial charge in [-0.2, -0.15) is 0 Å². The molecule has 2 rings (SSSR count). The molecule has 21 heavy (non-hydrogen) atoms. The van der Waals surface area contributed by atoms with E-state index in [1.54, 1.807) is 0 Å². The van der Waals surface area contributed by atoms with Crippen LogP contribution < -0.4 is 5.73 Å². The lowest BCUT2D eigenvalue weighted by molar-refractivity contribution is 0.00000137. The normalized spacial score (nSPS) is 17.8. The SMILES string of the molecule is CC(C)(C)O/N=C(/c1ccc(CN)cc1)C1CCCCC1. The van der Waals surface area contributed by atoms with E-state index in [2.05, 4.69) is 29.4 Å². The second kappa shape index (κ2) is 7.08. The van der Waals surface area contributed by atoms with Gasteiger partial charge < -0.3 is 10.6 Å². The number of nitrogens with two attached hydrogens (primary N) is 1. The minimum atomic E-state index is -0.253. The van der Waals surface area contributed by atoms with Gasteiger partial charge in [0.2, 0.25) is 0 Å². The molecule has 116 valence electrons. The van der Waals surface area contributed by atoms with Crippen LogP contribution in [0, 0.1) is 5.92 Å². The lowest BCUT2D eigenvalue weighted by atomic mass is 9.83. The summed E-state index contributed by atoms with van der Waals surface area (Å²) in [5.41, 5.74) is 8.85. The minimum absolute atomic E-state index is 0.253. The largest absolute Gasteiger partial charge is 0.390 e. The Kier molecular flexibility index (Phi) is 5.40. The first-order valence-electron chi connectivity index (χ1n) is 8.05. The van der Waals surface area contributed by atoms with Crippen molar-refractivity contribution in [1.29, 1.82) is 0 Å². The van der Waals surface area contributed by atoms with E-state index in [4.69, 9.17) is 10.6 Å². The van der Waals surface area contributed by atoms with Crippen LogP contribution in [0.2, 0.25) is 0 Å². The van der Waals surface area contributed by atoms with Gasteiger partial charge in [-0.05, 0) is 44.7 Å². The van der Waals surface area contributed by atoms with Gasteiger partial charge in [0.15, 0.2) is 0 Å². The topological polar surface area (TPSA) is 47.6 Å². The molecule has 0 bridgehead atoms. The molecule has 2 N–H and O–H groups in total. The summed E-state index contributed by atoms with van der Waals surface area (Å²) >= 11 is 0. The molecule has 0 unspecified atom stereocenters. The maximum absolute atomic E-state index is 5.72. The van der Waals surface area contributed by atoms with Gasteiger partial charge in [0.25, 0.3) is 0 Å². The van der Waals surface area contributed by atoms with E-state index in [0.717, 1.165) is 11.3 Å². The van der Waals surface area contributed by atoms with Gasteiger partial charge in [-0.3, -0.25) is 0 Å². The van der Waals surface area contributed by atoms with Gasteiger partial charge in [-0.1, -0.05) is 48.7 Å². The third-order valence-electron chi connectivity index (χ3n) is 3.90. The molecule has 0 radical (unpaired) electrons. The predicted octanol–water partition coefficient (Wildman–Crippen LogP) is 4.24. The molecule has 3 heteroatoms. The average molecular weight is 288 g/mol. The van der Waals surface area contributed by atoms with E-state index in [9.17, 15) is 0 Å². The van der Waals surface area contributed by atoms with Gasteiger partial charge in [0, 0.05) is 12.5 Å². The molecule has 1 aromatic rings. The third-order valence-corrected chi connectivity index (χ3v) is 3.90. The smallest absolute Gasteiger partial charge is 0.129 e. The zero-order chi connectivity index (χ0) is 15.3. The van der Waals surface area contributed by atoms with Crippen molar-refractivity contribution >= 4 is 5.71 Å². The second-order valence-corrected chi connectivity index (χ2v) is 6.92. The van der Waals surface area contributed by atoms with E-state index in [0.29, 0.717) is 12.5 Å². The fourth-order valence-corrected chi connectivity index (χ4v) is 2.74. The van der Waals surface area contributed by atoms with Crippen molar-refractivity contribution in [3.63, 3.8) is 0 Å². The van der Waals surface area contributed by atoms with Crippen LogP contribution in [0.15, 0.2) is 29.4 Å². The van der Waals surface area contributed by atoms with Crippen LogP contribution in [0.3, 0.4) is 0 Å². The minimum Gasteiger partial charge on any atom is -0.390 e. The Balaban J connectivity index is 2.24. The standard InChI is InChI=1S/C18H28N2O/c1-18(2,3)21-20-17(15-7-5-4-6-8-15)16-11-9-14(13-19)10-12-16/h9-12,15H,4-8,13,19H2,1-3H3/b20-17+. The summed E-state index contributed by atoms with van der Waals surface area (Å²) < 4.78 is 0. The summed E-state index contributed by atoms with van der Waals surface area (Å²) in [4.78, 5) is 5.72. The van der Waals surface area contributed by atoms with Crippen molar-refractivity contribution in [2.75, 3.05) is 0 Å². The first-order chi connectivity index (χ1) is 9.99. The molecule has 0 aromatic heterocycles. The number of nitrogens with zero attached hydrogens (tertiary/aromatic N) is 1. The van der Waals surface area contributed by atoms with E-state index in [1.807, 2.05) is 20.8 Å². The lowest BCUT2D eigenvalue weighted by Crippen LogP contribution is -2.23. The molecule has 1 aliphatic carbocycles. The monoisotopic (exact) mass is 288 g/mol. The molecular weight excluding hydrogens is 260 g/mol. The Morgan fingerprint density at radius 3 is 2.29 bits per heavy atom. The van der Waals surface area contributed by atoms with Crippen LogP contribution in [0.1, 0.15) is 64.0 Å². The summed E-state index contributed by atoms with van der Waals surface area (Å²) in [5, 5.41) is 4.53. The third kappa shape index (κ3) is 4.85. The summed E-state index contributed by atoms with van der Waals surface area (Å²) in [6.07, 6.45) is 6.35. The second-order valence-electron chi connectivity index (χ2n) is 6.92. The highest BCUT2D eigenvalue weighted by atomic mass is 16.6. The van der Waals surface area contributed by atoms with Crippen LogP contribution in [0.5, 0.6) is 0 Å². The molecule has 0 heterocycles. The van der Waals surface area contributed by atoms with Crippen molar-refractivity contribution in [3.8, 4) is 0 Å². The number of hydrogen-bond acceptors (Lipinski definition) is 3. The van der Waals surface area contributed by atoms with Crippen LogP contribution >= 0.6 is 0 Å². The van der Waals surface area contributed by atoms with Crippen LogP contribution in [-0.2, 0) is 11.4 Å². The van der Waals surface area contributed by atoms with Gasteiger partial charge in [-0.15, -0.1) is 0 Å². The molecule has 0 spiro atoms. The Morgan fingerprint density at radius 1 is 1.14 bits per heavy atom. The van der Waals surface area contributed by atoms with Gasteiger partial charge in [-0.25, -0.2) is 0 Å². The van der Waals surface area contributed by atoms with E-state index in [1.165, 1.54) is 37.7 Å². The Labute approximate surface area is 128 Å². The number of rotatable bonds is 4. The zero-order valence-electron chi connectivity index (χ0n) is 13.6. The number of benzene rings is 1. The average Bonchev–Trinajstić information content (AvgIpc) is 2.48. The van der Waals surface area contributed by atoms with Crippen LogP contribution in [-0.4, -0.2) is 11.3 Å². The molecule has 1 saturated carbocycles. The summed E-state index contributed by atoms with van der Waals surface area (Å²) in [6, 6.07) is 8.43. The molecule has 0 aliphatic heterocycles. The van der Waals surface area contributed by atoms with Crippen molar-refractivity contribution in [2.45, 2.75) is 65.0 Å². The number of hydrogen-bond donors (Lipinski definition) is 1. The molecule has 1 aliphatic rings. The van der Waals surface area contributed by atoms with Gasteiger partial charge in [0.05, 0.1) is 5.71 Å². The summed E-state index contributed by atoms with van der Waals surface area (Å²) in [5.74, 6) is 0.518. The zero-order valence-corrected chi connectivity index (χ0v) is 13.6. The van der Waals surface area contributed by atoms with Crippen molar-refractivity contribution < 1.29 is 4.84 Å². The molecular formula is C18H28N2O. The fourth-order valence-electron chi connectivity index (χ4n) is 2.74. The van der Waals surface area contributed by atoms with E-state index in [-0.39, 0.29) is 5.60 Å². The maximum atomic E-state index is 5.72. The highest BCUT2D eigenvalue weighted by Crippen LogP contribution is 2.28. The Hall–Kier alpha value is -1.35. The van der Waals surface area contributed by atoms with E-state index < -0.39 is 0 Å². The van der Waals surface area contributed by atoms with Crippen molar-refractivity contribution in [3.05, 3.63) is 35.4 Å². The van der Waals surface area contributed by atoms with Gasteiger partial charge >= 0.3 is 0 Å². The van der Waals surface area contributed by atoms with Crippen molar-refractivity contribution in [2.24, 2.45) is 16.8 Å². The first kappa shape index (κ1) is 16.0. The van der Waals surface area contributed by atoms with Gasteiger partial charge in [0.1, 0.15) is 5.60 Å². The highest BCUT2D eigenvalue weighted by Gasteiger charge is 2.22. The number of oxime groups is 1. The molecule has 1 fully saturated rings. The quantitative estimate of drug-likeness (QED) is 0.665. The summed E-state index contributed by atoms with van der Waals surface area (Å²) in [7, 11) is 0. The van der Waals surface area contributed by atoms with Crippen LogP contribution in [0.25, 0.3) is 0 Å². The van der Waals surface area contributed by atoms with Crippen LogP contribution in [0.4, 0.5) is 0 Å². The van der Waals surface area contributed by atoms with Crippen molar-refractivity contribution in [1.82, 2.24) is 0 Å². The Morgan fingerprint density at radius 2 is 1.76 bits per heavy atom. The maximum Gasteiger partial charge on any atom is 0.129 e. The lowest BCUT2D eigenvalue weighted by Gasteiger charge is -2.25. The molecule has 3 nitrogen and oxygen atoms in total. The van der Waals surface area contributed by atoms with E-state index >= 15 is 0 Å². The Bertz CT molecular complexity index is 465. The molecule has 0 saturated heterocycles. The fraction of sp³-hybridized carbons (Fsp3) is 0.611. The predicted molar refractivity (Wildman–Crippen MR) is 88.3 cm³/mol. The summed E-state index contributed by atoms with van der Waals surface area (Å²) in [6.45, 7) is 6.68. The molecule has 0 atom stereocenters. The molecule has 1 aromatic carbocycles. The molecule has 0 amide bonds.